The van der Waals surface area contributed by atoms with Gasteiger partial charge in [-0.25, -0.2) is 4.39 Å². The third-order valence-corrected chi connectivity index (χ3v) is 5.12. The van der Waals surface area contributed by atoms with Gasteiger partial charge in [-0.2, -0.15) is 0 Å². The molecule has 0 spiro atoms. The lowest BCUT2D eigenvalue weighted by Crippen LogP contribution is -2.50. The summed E-state index contributed by atoms with van der Waals surface area (Å²) in [5.74, 6) is -0.748. The highest BCUT2D eigenvalue weighted by Gasteiger charge is 2.23. The van der Waals surface area contributed by atoms with E-state index in [0.29, 0.717) is 17.8 Å². The van der Waals surface area contributed by atoms with Crippen molar-refractivity contribution in [3.8, 4) is 0 Å². The lowest BCUT2D eigenvalue weighted by Gasteiger charge is -2.35. The molecule has 0 radical (unpaired) electrons. The summed E-state index contributed by atoms with van der Waals surface area (Å²) in [6.07, 6.45) is 1.70. The number of anilines is 1. The molecule has 1 atom stereocenters. The fourth-order valence-electron chi connectivity index (χ4n) is 3.83. The van der Waals surface area contributed by atoms with Gasteiger partial charge in [-0.3, -0.25) is 9.59 Å². The zero-order valence-electron chi connectivity index (χ0n) is 17.2. The topological polar surface area (TPSA) is 61.4 Å². The van der Waals surface area contributed by atoms with Gasteiger partial charge < -0.3 is 15.5 Å². The van der Waals surface area contributed by atoms with Crippen molar-refractivity contribution in [1.29, 1.82) is 0 Å². The minimum absolute atomic E-state index is 0.0747. The first-order valence-corrected chi connectivity index (χ1v) is 9.99. The third-order valence-electron chi connectivity index (χ3n) is 5.12. The van der Waals surface area contributed by atoms with Gasteiger partial charge >= 0.3 is 0 Å². The molecule has 1 fully saturated rings. The number of nitrogens with zero attached hydrogens (tertiary/aromatic N) is 1. The standard InChI is InChI=1S/C23H28FN3O2/c1-15-6-7-20(24)21(12-15)27-8-4-5-19(14-27)26-22(28)13-25-23(29)18-10-16(2)9-17(3)11-18/h6-7,9-12,19H,4-5,8,13-14H2,1-3H3,(H,25,29)(H,26,28). The van der Waals surface area contributed by atoms with E-state index < -0.39 is 0 Å². The molecule has 0 aromatic heterocycles. The molecule has 1 unspecified atom stereocenters. The molecule has 6 heteroatoms. The zero-order valence-corrected chi connectivity index (χ0v) is 17.2. The predicted octanol–water partition coefficient (Wildman–Crippen LogP) is 3.27. The summed E-state index contributed by atoms with van der Waals surface area (Å²) in [5.41, 5.74) is 4.14. The molecule has 1 saturated heterocycles. The number of halogens is 1. The number of piperidine rings is 1. The quantitative estimate of drug-likeness (QED) is 0.814. The highest BCUT2D eigenvalue weighted by molar-refractivity contribution is 5.96. The number of hydrogen-bond acceptors (Lipinski definition) is 3. The summed E-state index contributed by atoms with van der Waals surface area (Å²) in [7, 11) is 0. The maximum Gasteiger partial charge on any atom is 0.251 e. The highest BCUT2D eigenvalue weighted by atomic mass is 19.1. The van der Waals surface area contributed by atoms with E-state index in [1.165, 1.54) is 6.07 Å². The van der Waals surface area contributed by atoms with Crippen molar-refractivity contribution in [2.24, 2.45) is 0 Å². The summed E-state index contributed by atoms with van der Waals surface area (Å²) in [6.45, 7) is 7.03. The van der Waals surface area contributed by atoms with Gasteiger partial charge in [-0.05, 0) is 63.4 Å². The Kier molecular flexibility index (Phi) is 6.52. The van der Waals surface area contributed by atoms with Crippen LogP contribution < -0.4 is 15.5 Å². The van der Waals surface area contributed by atoms with Crippen molar-refractivity contribution in [3.63, 3.8) is 0 Å². The molecule has 2 aromatic rings. The molecule has 2 N–H and O–H groups in total. The van der Waals surface area contributed by atoms with Crippen LogP contribution in [0.5, 0.6) is 0 Å². The molecule has 154 valence electrons. The molecule has 3 rings (SSSR count). The van der Waals surface area contributed by atoms with Crippen LogP contribution in [0.1, 0.15) is 39.9 Å². The predicted molar refractivity (Wildman–Crippen MR) is 113 cm³/mol. The molecule has 5 nitrogen and oxygen atoms in total. The van der Waals surface area contributed by atoms with Gasteiger partial charge in [0.2, 0.25) is 5.91 Å². The van der Waals surface area contributed by atoms with E-state index in [1.54, 1.807) is 18.2 Å². The van der Waals surface area contributed by atoms with Crippen LogP contribution in [0.2, 0.25) is 0 Å². The normalized spacial score (nSPS) is 16.4. The Hall–Kier alpha value is -2.89. The van der Waals surface area contributed by atoms with Crippen molar-refractivity contribution in [3.05, 3.63) is 64.5 Å². The molecule has 0 bridgehead atoms. The van der Waals surface area contributed by atoms with E-state index in [4.69, 9.17) is 0 Å². The molecule has 2 amide bonds. The fraction of sp³-hybridized carbons (Fsp3) is 0.391. The summed E-state index contributed by atoms with van der Waals surface area (Å²) < 4.78 is 14.2. The smallest absolute Gasteiger partial charge is 0.251 e. The maximum atomic E-state index is 14.2. The lowest BCUT2D eigenvalue weighted by atomic mass is 10.0. The molecule has 2 aromatic carbocycles. The Balaban J connectivity index is 1.53. The van der Waals surface area contributed by atoms with Crippen LogP contribution in [-0.2, 0) is 4.79 Å². The Labute approximate surface area is 171 Å². The average Bonchev–Trinajstić information content (AvgIpc) is 2.67. The van der Waals surface area contributed by atoms with Crippen molar-refractivity contribution in [1.82, 2.24) is 10.6 Å². The Morgan fingerprint density at radius 2 is 1.79 bits per heavy atom. The van der Waals surface area contributed by atoms with Crippen LogP contribution in [0.4, 0.5) is 10.1 Å². The average molecular weight is 397 g/mol. The van der Waals surface area contributed by atoms with E-state index in [1.807, 2.05) is 37.8 Å². The maximum absolute atomic E-state index is 14.2. The summed E-state index contributed by atoms with van der Waals surface area (Å²) in [5, 5.41) is 5.64. The van der Waals surface area contributed by atoms with Crippen LogP contribution >= 0.6 is 0 Å². The number of amides is 2. The van der Waals surface area contributed by atoms with Crippen molar-refractivity contribution in [2.45, 2.75) is 39.7 Å². The van der Waals surface area contributed by atoms with E-state index >= 15 is 0 Å². The number of carbonyl (C=O) groups is 2. The number of nitrogens with one attached hydrogen (secondary N) is 2. The van der Waals surface area contributed by atoms with Crippen LogP contribution in [0.15, 0.2) is 36.4 Å². The number of aryl methyl sites for hydroxylation is 3. The molecule has 1 aliphatic rings. The minimum Gasteiger partial charge on any atom is -0.367 e. The van der Waals surface area contributed by atoms with Crippen molar-refractivity contribution >= 4 is 17.5 Å². The van der Waals surface area contributed by atoms with Gasteiger partial charge in [0.25, 0.3) is 5.91 Å². The largest absolute Gasteiger partial charge is 0.367 e. The Morgan fingerprint density at radius 1 is 1.07 bits per heavy atom. The first-order chi connectivity index (χ1) is 13.8. The molecule has 1 aliphatic heterocycles. The molecular weight excluding hydrogens is 369 g/mol. The van der Waals surface area contributed by atoms with Gasteiger partial charge in [-0.1, -0.05) is 23.3 Å². The van der Waals surface area contributed by atoms with Crippen LogP contribution in [-0.4, -0.2) is 37.5 Å². The zero-order chi connectivity index (χ0) is 21.0. The van der Waals surface area contributed by atoms with E-state index in [0.717, 1.165) is 36.1 Å². The van der Waals surface area contributed by atoms with Gasteiger partial charge in [0.15, 0.2) is 0 Å². The first kappa shape index (κ1) is 20.8. The van der Waals surface area contributed by atoms with Crippen LogP contribution in [0, 0.1) is 26.6 Å². The first-order valence-electron chi connectivity index (χ1n) is 9.99. The van der Waals surface area contributed by atoms with E-state index in [9.17, 15) is 14.0 Å². The number of benzene rings is 2. The molecular formula is C23H28FN3O2. The second kappa shape index (κ2) is 9.07. The second-order valence-electron chi connectivity index (χ2n) is 7.87. The van der Waals surface area contributed by atoms with Crippen LogP contribution in [0.25, 0.3) is 0 Å². The summed E-state index contributed by atoms with van der Waals surface area (Å²) in [6, 6.07) is 10.6. The van der Waals surface area contributed by atoms with Crippen molar-refractivity contribution in [2.75, 3.05) is 24.5 Å². The van der Waals surface area contributed by atoms with E-state index in [-0.39, 0.29) is 30.2 Å². The molecule has 0 aliphatic carbocycles. The monoisotopic (exact) mass is 397 g/mol. The Bertz CT molecular complexity index is 893. The number of rotatable bonds is 5. The summed E-state index contributed by atoms with van der Waals surface area (Å²) in [4.78, 5) is 26.6. The SMILES string of the molecule is Cc1cc(C)cc(C(=O)NCC(=O)NC2CCCN(c3cc(C)ccc3F)C2)c1. The van der Waals surface area contributed by atoms with Crippen LogP contribution in [0.3, 0.4) is 0 Å². The van der Waals surface area contributed by atoms with Gasteiger partial charge in [0, 0.05) is 24.7 Å². The second-order valence-corrected chi connectivity index (χ2v) is 7.87. The van der Waals surface area contributed by atoms with Gasteiger partial charge in [-0.15, -0.1) is 0 Å². The van der Waals surface area contributed by atoms with Gasteiger partial charge in [0.1, 0.15) is 5.82 Å². The molecule has 1 heterocycles. The molecule has 0 saturated carbocycles. The van der Waals surface area contributed by atoms with Gasteiger partial charge in [0.05, 0.1) is 12.2 Å². The van der Waals surface area contributed by atoms with Crippen molar-refractivity contribution < 1.29 is 14.0 Å². The lowest BCUT2D eigenvalue weighted by molar-refractivity contribution is -0.120. The third kappa shape index (κ3) is 5.56. The number of hydrogen-bond donors (Lipinski definition) is 2. The summed E-state index contributed by atoms with van der Waals surface area (Å²) >= 11 is 0. The van der Waals surface area contributed by atoms with E-state index in [2.05, 4.69) is 10.6 Å². The molecule has 29 heavy (non-hydrogen) atoms. The minimum atomic E-state index is -0.265. The Morgan fingerprint density at radius 3 is 2.52 bits per heavy atom. The fourth-order valence-corrected chi connectivity index (χ4v) is 3.83. The number of carbonyl (C=O) groups excluding carboxylic acids is 2. The highest BCUT2D eigenvalue weighted by Crippen LogP contribution is 2.24.